The highest BCUT2D eigenvalue weighted by atomic mass is 16.2. The second-order valence-corrected chi connectivity index (χ2v) is 7.46. The van der Waals surface area contributed by atoms with Gasteiger partial charge in [0, 0.05) is 24.3 Å². The van der Waals surface area contributed by atoms with Gasteiger partial charge in [-0.3, -0.25) is 9.59 Å². The molecule has 1 aliphatic rings. The molecule has 0 bridgehead atoms. The average molecular weight is 381 g/mol. The van der Waals surface area contributed by atoms with E-state index in [1.165, 1.54) is 0 Å². The van der Waals surface area contributed by atoms with E-state index < -0.39 is 0 Å². The van der Waals surface area contributed by atoms with E-state index in [4.69, 9.17) is 0 Å². The molecule has 0 aliphatic carbocycles. The zero-order valence-corrected chi connectivity index (χ0v) is 16.8. The summed E-state index contributed by atoms with van der Waals surface area (Å²) in [6, 6.07) is 17.3. The third-order valence-corrected chi connectivity index (χ3v) is 5.40. The molecule has 0 spiro atoms. The molecule has 28 heavy (non-hydrogen) atoms. The Bertz CT molecular complexity index is 801. The van der Waals surface area contributed by atoms with Crippen molar-refractivity contribution in [3.8, 4) is 0 Å². The van der Waals surface area contributed by atoms with Crippen molar-refractivity contribution in [1.82, 2.24) is 4.90 Å². The van der Waals surface area contributed by atoms with Crippen LogP contribution in [0.15, 0.2) is 54.6 Å². The van der Waals surface area contributed by atoms with Crippen LogP contribution in [0.3, 0.4) is 0 Å². The Hall–Kier alpha value is -2.66. The van der Waals surface area contributed by atoms with E-state index in [1.807, 2.05) is 66.5 Å². The normalized spacial score (nSPS) is 15.9. The summed E-state index contributed by atoms with van der Waals surface area (Å²) in [7, 11) is 1.93. The van der Waals surface area contributed by atoms with Gasteiger partial charge in [0.25, 0.3) is 11.8 Å². The number of anilines is 1. The van der Waals surface area contributed by atoms with Crippen molar-refractivity contribution in [2.45, 2.75) is 32.2 Å². The topological polar surface area (TPSA) is 53.9 Å². The number of para-hydroxylation sites is 1. The Morgan fingerprint density at radius 1 is 1.04 bits per heavy atom. The first-order chi connectivity index (χ1) is 13.6. The average Bonchev–Trinajstić information content (AvgIpc) is 3.24. The number of carbonyl (C=O) groups excluding carboxylic acids is 2. The number of likely N-dealkylation sites (N-methyl/N-ethyl adjacent to an activating group) is 1. The molecule has 148 valence electrons. The molecule has 0 aromatic heterocycles. The van der Waals surface area contributed by atoms with Crippen LogP contribution in [0.2, 0.25) is 0 Å². The predicted molar refractivity (Wildman–Crippen MR) is 111 cm³/mol. The lowest BCUT2D eigenvalue weighted by Crippen LogP contribution is -3.11. The van der Waals surface area contributed by atoms with Gasteiger partial charge >= 0.3 is 0 Å². The Labute approximate surface area is 167 Å². The Balaban J connectivity index is 1.74. The highest BCUT2D eigenvalue weighted by Crippen LogP contribution is 2.17. The van der Waals surface area contributed by atoms with Crippen LogP contribution in [0.5, 0.6) is 0 Å². The van der Waals surface area contributed by atoms with Crippen LogP contribution in [-0.4, -0.2) is 43.4 Å². The maximum atomic E-state index is 13.2. The number of likely N-dealkylation sites (tertiary alicyclic amines) is 1. The van der Waals surface area contributed by atoms with Crippen molar-refractivity contribution in [1.29, 1.82) is 0 Å². The molecule has 3 rings (SSSR count). The molecule has 1 saturated heterocycles. The molecule has 0 radical (unpaired) electrons. The largest absolute Gasteiger partial charge is 0.337 e. The molecular formula is C23H30N3O2+. The molecule has 0 saturated carbocycles. The number of carbonyl (C=O) groups is 2. The van der Waals surface area contributed by atoms with E-state index in [0.717, 1.165) is 54.1 Å². The highest BCUT2D eigenvalue weighted by molar-refractivity contribution is 5.92. The van der Waals surface area contributed by atoms with E-state index in [-0.39, 0.29) is 24.4 Å². The third kappa shape index (κ3) is 4.78. The Kier molecular flexibility index (Phi) is 6.82. The molecular weight excluding hydrogens is 350 g/mol. The second kappa shape index (κ2) is 9.51. The van der Waals surface area contributed by atoms with Crippen LogP contribution < -0.4 is 10.2 Å². The molecule has 1 heterocycles. The number of benzene rings is 2. The lowest BCUT2D eigenvalue weighted by atomic mass is 10.0. The molecule has 2 N–H and O–H groups in total. The molecule has 1 fully saturated rings. The SMILES string of the molecule is CCc1ccccc1NC(=O)C[NH+](C)[C@@H](C(=O)N1CCCC1)c1ccccc1. The summed E-state index contributed by atoms with van der Waals surface area (Å²) in [5.41, 5.74) is 2.92. The molecule has 2 aromatic carbocycles. The highest BCUT2D eigenvalue weighted by Gasteiger charge is 2.34. The number of nitrogens with one attached hydrogen (secondary N) is 2. The molecule has 1 unspecified atom stereocenters. The summed E-state index contributed by atoms with van der Waals surface area (Å²) in [6.45, 7) is 3.93. The summed E-state index contributed by atoms with van der Waals surface area (Å²) in [4.78, 5) is 28.7. The summed E-state index contributed by atoms with van der Waals surface area (Å²) in [6.07, 6.45) is 2.97. The third-order valence-electron chi connectivity index (χ3n) is 5.40. The maximum Gasteiger partial charge on any atom is 0.285 e. The van der Waals surface area contributed by atoms with Gasteiger partial charge in [-0.25, -0.2) is 0 Å². The zero-order valence-electron chi connectivity index (χ0n) is 16.8. The number of amides is 2. The van der Waals surface area contributed by atoms with Gasteiger partial charge in [-0.1, -0.05) is 55.5 Å². The summed E-state index contributed by atoms with van der Waals surface area (Å²) >= 11 is 0. The van der Waals surface area contributed by atoms with Crippen LogP contribution in [-0.2, 0) is 16.0 Å². The second-order valence-electron chi connectivity index (χ2n) is 7.46. The lowest BCUT2D eigenvalue weighted by molar-refractivity contribution is -0.894. The number of hydrogen-bond donors (Lipinski definition) is 2. The van der Waals surface area contributed by atoms with Crippen LogP contribution in [0.4, 0.5) is 5.69 Å². The van der Waals surface area contributed by atoms with Crippen molar-refractivity contribution in [2.24, 2.45) is 0 Å². The van der Waals surface area contributed by atoms with Crippen LogP contribution in [0.1, 0.15) is 36.9 Å². The molecule has 5 nitrogen and oxygen atoms in total. The molecule has 2 aromatic rings. The lowest BCUT2D eigenvalue weighted by Gasteiger charge is -2.28. The van der Waals surface area contributed by atoms with Gasteiger partial charge in [0.2, 0.25) is 0 Å². The summed E-state index contributed by atoms with van der Waals surface area (Å²) < 4.78 is 0. The van der Waals surface area contributed by atoms with E-state index in [1.54, 1.807) is 0 Å². The van der Waals surface area contributed by atoms with Crippen LogP contribution >= 0.6 is 0 Å². The molecule has 2 atom stereocenters. The van der Waals surface area contributed by atoms with Crippen LogP contribution in [0.25, 0.3) is 0 Å². The minimum Gasteiger partial charge on any atom is -0.337 e. The fourth-order valence-corrected chi connectivity index (χ4v) is 3.90. The van der Waals surface area contributed by atoms with Gasteiger partial charge in [0.05, 0.1) is 7.05 Å². The molecule has 1 aliphatic heterocycles. The quantitative estimate of drug-likeness (QED) is 0.773. The van der Waals surface area contributed by atoms with Gasteiger partial charge in [0.15, 0.2) is 12.6 Å². The van der Waals surface area contributed by atoms with Gasteiger partial charge in [-0.2, -0.15) is 0 Å². The minimum absolute atomic E-state index is 0.0754. The molecule has 2 amide bonds. The van der Waals surface area contributed by atoms with Crippen molar-refractivity contribution >= 4 is 17.5 Å². The number of rotatable bonds is 7. The molecule has 5 heteroatoms. The number of nitrogens with zero attached hydrogens (tertiary/aromatic N) is 1. The number of quaternary nitrogens is 1. The maximum absolute atomic E-state index is 13.2. The summed E-state index contributed by atoms with van der Waals surface area (Å²) in [5.74, 6) is 0.0384. The first-order valence-corrected chi connectivity index (χ1v) is 10.1. The fourth-order valence-electron chi connectivity index (χ4n) is 3.90. The number of aryl methyl sites for hydroxylation is 1. The van der Waals surface area contributed by atoms with Crippen molar-refractivity contribution in [3.05, 3.63) is 65.7 Å². The first-order valence-electron chi connectivity index (χ1n) is 10.1. The van der Waals surface area contributed by atoms with Crippen molar-refractivity contribution in [2.75, 3.05) is 32.0 Å². The van der Waals surface area contributed by atoms with Crippen LogP contribution in [0, 0.1) is 0 Å². The van der Waals surface area contributed by atoms with Gasteiger partial charge in [-0.15, -0.1) is 0 Å². The van der Waals surface area contributed by atoms with Crippen molar-refractivity contribution < 1.29 is 14.5 Å². The van der Waals surface area contributed by atoms with E-state index in [9.17, 15) is 9.59 Å². The first kappa shape index (κ1) is 20.1. The standard InChI is InChI=1S/C23H29N3O2/c1-3-18-11-7-8-14-20(18)24-21(27)17-25(2)22(19-12-5-4-6-13-19)23(28)26-15-9-10-16-26/h4-8,11-14,22H,3,9-10,15-17H2,1-2H3,(H,24,27)/p+1/t22-/m1/s1. The zero-order chi connectivity index (χ0) is 19.9. The smallest absolute Gasteiger partial charge is 0.285 e. The Morgan fingerprint density at radius 2 is 1.68 bits per heavy atom. The summed E-state index contributed by atoms with van der Waals surface area (Å²) in [5, 5.41) is 3.02. The monoisotopic (exact) mass is 380 g/mol. The Morgan fingerprint density at radius 3 is 2.36 bits per heavy atom. The number of hydrogen-bond acceptors (Lipinski definition) is 2. The van der Waals surface area contributed by atoms with E-state index >= 15 is 0 Å². The van der Waals surface area contributed by atoms with E-state index in [0.29, 0.717) is 0 Å². The van der Waals surface area contributed by atoms with Crippen molar-refractivity contribution in [3.63, 3.8) is 0 Å². The van der Waals surface area contributed by atoms with Gasteiger partial charge < -0.3 is 15.1 Å². The van der Waals surface area contributed by atoms with Gasteiger partial charge in [0.1, 0.15) is 0 Å². The fraction of sp³-hybridized carbons (Fsp3) is 0.391. The van der Waals surface area contributed by atoms with E-state index in [2.05, 4.69) is 12.2 Å². The minimum atomic E-state index is -0.369. The van der Waals surface area contributed by atoms with Gasteiger partial charge in [-0.05, 0) is 30.9 Å². The predicted octanol–water partition coefficient (Wildman–Crippen LogP) is 2.07.